The van der Waals surface area contributed by atoms with Gasteiger partial charge in [-0.15, -0.1) is 0 Å². The third kappa shape index (κ3) is 7.78. The lowest BCUT2D eigenvalue weighted by Crippen LogP contribution is -2.55. The summed E-state index contributed by atoms with van der Waals surface area (Å²) in [4.78, 5) is 11.6. The SMILES string of the molecule is CC[Si](CC)(CC)O[C@@H](CC(=O)O)C[C@@H]1CCC[C@H](C[C@@H]2CCOC3(C[C@H](C)CC[C@H]3C(C)C)O2)O1. The van der Waals surface area contributed by atoms with E-state index in [1.54, 1.807) is 0 Å². The van der Waals surface area contributed by atoms with Crippen molar-refractivity contribution in [1.29, 1.82) is 0 Å². The molecule has 2 saturated heterocycles. The smallest absolute Gasteiger partial charge is 0.305 e. The Labute approximate surface area is 221 Å². The van der Waals surface area contributed by atoms with Gasteiger partial charge in [-0.05, 0) is 74.9 Å². The van der Waals surface area contributed by atoms with Gasteiger partial charge in [0.2, 0.25) is 0 Å². The maximum atomic E-state index is 11.6. The van der Waals surface area contributed by atoms with Crippen LogP contribution in [-0.4, -0.2) is 56.2 Å². The normalized spacial score (nSPS) is 34.7. The van der Waals surface area contributed by atoms with Gasteiger partial charge in [-0.2, -0.15) is 0 Å². The maximum Gasteiger partial charge on any atom is 0.305 e. The van der Waals surface area contributed by atoms with Crippen LogP contribution in [0.25, 0.3) is 0 Å². The van der Waals surface area contributed by atoms with Crippen LogP contribution < -0.4 is 0 Å². The maximum absolute atomic E-state index is 11.6. The van der Waals surface area contributed by atoms with Crippen LogP contribution in [0, 0.1) is 17.8 Å². The number of rotatable bonds is 12. The fourth-order valence-corrected chi connectivity index (χ4v) is 9.99. The minimum absolute atomic E-state index is 0.0669. The topological polar surface area (TPSA) is 74.2 Å². The molecule has 0 radical (unpaired) electrons. The second-order valence-electron chi connectivity index (χ2n) is 12.3. The average Bonchev–Trinajstić information content (AvgIpc) is 2.82. The average molecular weight is 527 g/mol. The number of ether oxygens (including phenoxy) is 3. The van der Waals surface area contributed by atoms with Crippen molar-refractivity contribution >= 4 is 14.3 Å². The number of hydrogen-bond acceptors (Lipinski definition) is 5. The van der Waals surface area contributed by atoms with Crippen molar-refractivity contribution in [1.82, 2.24) is 0 Å². The van der Waals surface area contributed by atoms with Crippen LogP contribution in [0.2, 0.25) is 18.1 Å². The van der Waals surface area contributed by atoms with Crippen LogP contribution in [0.4, 0.5) is 0 Å². The molecule has 0 aromatic carbocycles. The molecule has 36 heavy (non-hydrogen) atoms. The molecule has 7 heteroatoms. The second-order valence-corrected chi connectivity index (χ2v) is 17.0. The highest BCUT2D eigenvalue weighted by molar-refractivity contribution is 6.73. The van der Waals surface area contributed by atoms with E-state index >= 15 is 0 Å². The Morgan fingerprint density at radius 3 is 2.36 bits per heavy atom. The third-order valence-electron chi connectivity index (χ3n) is 9.37. The molecular formula is C29H54O6Si. The van der Waals surface area contributed by atoms with E-state index in [4.69, 9.17) is 18.6 Å². The molecule has 3 fully saturated rings. The van der Waals surface area contributed by atoms with Gasteiger partial charge < -0.3 is 23.7 Å². The summed E-state index contributed by atoms with van der Waals surface area (Å²) in [6.45, 7) is 14.3. The van der Waals surface area contributed by atoms with Crippen molar-refractivity contribution in [3.63, 3.8) is 0 Å². The molecule has 3 aliphatic rings. The van der Waals surface area contributed by atoms with Crippen molar-refractivity contribution < 1.29 is 28.5 Å². The van der Waals surface area contributed by atoms with Gasteiger partial charge in [-0.1, -0.05) is 48.0 Å². The quantitative estimate of drug-likeness (QED) is 0.272. The number of aliphatic carboxylic acids is 1. The van der Waals surface area contributed by atoms with Crippen LogP contribution in [0.5, 0.6) is 0 Å². The summed E-state index contributed by atoms with van der Waals surface area (Å²) in [5, 5.41) is 9.56. The molecule has 0 amide bonds. The number of carboxylic acids is 1. The monoisotopic (exact) mass is 526 g/mol. The van der Waals surface area contributed by atoms with Crippen molar-refractivity contribution in [2.45, 2.75) is 154 Å². The zero-order valence-corrected chi connectivity index (χ0v) is 24.9. The molecule has 2 heterocycles. The molecule has 1 saturated carbocycles. The molecule has 1 aliphatic carbocycles. The number of carbonyl (C=O) groups is 1. The predicted octanol–water partition coefficient (Wildman–Crippen LogP) is 7.16. The highest BCUT2D eigenvalue weighted by Crippen LogP contribution is 2.47. The summed E-state index contributed by atoms with van der Waals surface area (Å²) < 4.78 is 26.5. The van der Waals surface area contributed by atoms with Gasteiger partial charge in [0, 0.05) is 12.3 Å². The summed E-state index contributed by atoms with van der Waals surface area (Å²) in [7, 11) is -1.88. The van der Waals surface area contributed by atoms with Crippen LogP contribution in [-0.2, 0) is 23.4 Å². The van der Waals surface area contributed by atoms with Gasteiger partial charge in [-0.25, -0.2) is 0 Å². The lowest BCUT2D eigenvalue weighted by molar-refractivity contribution is -0.342. The Morgan fingerprint density at radius 1 is 1.03 bits per heavy atom. The molecule has 6 nitrogen and oxygen atoms in total. The first-order valence-electron chi connectivity index (χ1n) is 15.0. The van der Waals surface area contributed by atoms with E-state index in [9.17, 15) is 9.90 Å². The van der Waals surface area contributed by atoms with E-state index < -0.39 is 20.1 Å². The fourth-order valence-electron chi connectivity index (χ4n) is 7.11. The van der Waals surface area contributed by atoms with Gasteiger partial charge in [-0.3, -0.25) is 4.79 Å². The Hall–Kier alpha value is -0.473. The van der Waals surface area contributed by atoms with Crippen molar-refractivity contribution in [2.24, 2.45) is 17.8 Å². The zero-order valence-electron chi connectivity index (χ0n) is 23.9. The molecule has 1 spiro atoms. The van der Waals surface area contributed by atoms with E-state index in [0.717, 1.165) is 63.3 Å². The highest BCUT2D eigenvalue weighted by atomic mass is 28.4. The van der Waals surface area contributed by atoms with Crippen molar-refractivity contribution in [2.75, 3.05) is 6.61 Å². The molecule has 7 atom stereocenters. The summed E-state index contributed by atoms with van der Waals surface area (Å²) in [6.07, 6.45) is 9.31. The zero-order chi connectivity index (χ0) is 26.3. The highest BCUT2D eigenvalue weighted by Gasteiger charge is 2.50. The van der Waals surface area contributed by atoms with Crippen LogP contribution in [0.1, 0.15) is 106 Å². The molecule has 1 N–H and O–H groups in total. The first kappa shape index (κ1) is 30.1. The molecule has 210 valence electrons. The lowest BCUT2D eigenvalue weighted by atomic mass is 9.72. The van der Waals surface area contributed by atoms with E-state index in [0.29, 0.717) is 24.2 Å². The third-order valence-corrected chi connectivity index (χ3v) is 14.1. The van der Waals surface area contributed by atoms with Crippen LogP contribution in [0.3, 0.4) is 0 Å². The molecule has 0 aromatic heterocycles. The number of carboxylic acid groups (broad SMARTS) is 1. The summed E-state index contributed by atoms with van der Waals surface area (Å²) in [5.74, 6) is 0.414. The first-order chi connectivity index (χ1) is 17.1. The molecule has 2 aliphatic heterocycles. The standard InChI is InChI=1S/C29H54O6Si/c1-7-36(8-2,9-3)35-26(19-28(30)31)18-24-12-10-11-23(33-24)17-25-15-16-32-29(34-25)20-22(6)13-14-27(29)21(4)5/h21-27H,7-20H2,1-6H3,(H,30,31)/t22-,23-,24+,25+,26-,27+,29?/m1/s1. The Balaban J connectivity index is 1.61. The Bertz CT molecular complexity index is 674. The number of hydrogen-bond donors (Lipinski definition) is 1. The molecule has 0 bridgehead atoms. The van der Waals surface area contributed by atoms with E-state index in [-0.39, 0.29) is 30.8 Å². The molecule has 1 unspecified atom stereocenters. The van der Waals surface area contributed by atoms with Gasteiger partial charge in [0.05, 0.1) is 37.4 Å². The molecular weight excluding hydrogens is 472 g/mol. The second kappa shape index (κ2) is 13.5. The van der Waals surface area contributed by atoms with Gasteiger partial charge >= 0.3 is 5.97 Å². The van der Waals surface area contributed by atoms with E-state index in [1.807, 2.05) is 0 Å². The largest absolute Gasteiger partial charge is 0.481 e. The van der Waals surface area contributed by atoms with Crippen LogP contribution >= 0.6 is 0 Å². The molecule has 0 aromatic rings. The predicted molar refractivity (Wildman–Crippen MR) is 146 cm³/mol. The Kier molecular flexibility index (Phi) is 11.3. The van der Waals surface area contributed by atoms with Crippen molar-refractivity contribution in [3.05, 3.63) is 0 Å². The summed E-state index contributed by atoms with van der Waals surface area (Å²) in [5.41, 5.74) is 0. The van der Waals surface area contributed by atoms with E-state index in [1.165, 1.54) is 12.8 Å². The van der Waals surface area contributed by atoms with Gasteiger partial charge in [0.25, 0.3) is 0 Å². The van der Waals surface area contributed by atoms with Gasteiger partial charge in [0.15, 0.2) is 14.1 Å². The fraction of sp³-hybridized carbons (Fsp3) is 0.966. The Morgan fingerprint density at radius 2 is 1.72 bits per heavy atom. The summed E-state index contributed by atoms with van der Waals surface area (Å²) in [6, 6.07) is 3.09. The lowest BCUT2D eigenvalue weighted by Gasteiger charge is -2.51. The van der Waals surface area contributed by atoms with Crippen molar-refractivity contribution in [3.8, 4) is 0 Å². The van der Waals surface area contributed by atoms with E-state index in [2.05, 4.69) is 41.5 Å². The molecule has 3 rings (SSSR count). The first-order valence-corrected chi connectivity index (χ1v) is 17.5. The minimum atomic E-state index is -1.88. The van der Waals surface area contributed by atoms with Crippen LogP contribution in [0.15, 0.2) is 0 Å². The van der Waals surface area contributed by atoms with Gasteiger partial charge in [0.1, 0.15) is 0 Å². The summed E-state index contributed by atoms with van der Waals surface area (Å²) >= 11 is 0. The minimum Gasteiger partial charge on any atom is -0.481 e.